The Morgan fingerprint density at radius 3 is 2.11 bits per heavy atom. The van der Waals surface area contributed by atoms with Crippen LogP contribution in [0.3, 0.4) is 0 Å². The fraction of sp³-hybridized carbons (Fsp3) is 0.944. The second-order valence-electron chi connectivity index (χ2n) is 6.30. The van der Waals surface area contributed by atoms with Crippen molar-refractivity contribution in [2.75, 3.05) is 0 Å². The molecular weight excluding hydrogens is 216 g/mol. The summed E-state index contributed by atoms with van der Waals surface area (Å²) in [4.78, 5) is 0. The molecule has 0 aromatic rings. The van der Waals surface area contributed by atoms with Crippen LogP contribution >= 0.6 is 0 Å². The predicted molar refractivity (Wildman–Crippen MR) is 82.6 cm³/mol. The van der Waals surface area contributed by atoms with Crippen LogP contribution in [0.2, 0.25) is 0 Å². The average Bonchev–Trinajstić information content (AvgIpc) is 3.12. The Bertz CT molecular complexity index is 173. The Balaban J connectivity index is 1.77. The first kappa shape index (κ1) is 16.1. The van der Waals surface area contributed by atoms with Crippen LogP contribution in [-0.4, -0.2) is 0 Å². The van der Waals surface area contributed by atoms with Gasteiger partial charge in [-0.25, -0.2) is 0 Å². The number of hydrogen-bond acceptors (Lipinski definition) is 0. The van der Waals surface area contributed by atoms with Crippen LogP contribution in [0.5, 0.6) is 0 Å². The lowest BCUT2D eigenvalue weighted by molar-refractivity contribution is 0.552. The highest BCUT2D eigenvalue weighted by atomic mass is 14.4. The van der Waals surface area contributed by atoms with Gasteiger partial charge in [0.1, 0.15) is 0 Å². The monoisotopic (exact) mass is 251 g/mol. The van der Waals surface area contributed by atoms with E-state index in [4.69, 9.17) is 0 Å². The first-order valence-electron chi connectivity index (χ1n) is 8.71. The zero-order valence-corrected chi connectivity index (χ0v) is 12.9. The van der Waals surface area contributed by atoms with E-state index in [1.54, 1.807) is 0 Å². The van der Waals surface area contributed by atoms with Crippen molar-refractivity contribution in [1.29, 1.82) is 0 Å². The summed E-state index contributed by atoms with van der Waals surface area (Å²) in [5, 5.41) is 0. The summed E-state index contributed by atoms with van der Waals surface area (Å²) >= 11 is 0. The second-order valence-corrected chi connectivity index (χ2v) is 6.30. The first-order valence-corrected chi connectivity index (χ1v) is 8.71. The molecule has 0 bridgehead atoms. The zero-order valence-electron chi connectivity index (χ0n) is 12.9. The molecule has 107 valence electrons. The molecule has 0 aliphatic heterocycles. The van der Waals surface area contributed by atoms with E-state index >= 15 is 0 Å². The summed E-state index contributed by atoms with van der Waals surface area (Å²) in [6, 6.07) is 0. The Hall–Kier alpha value is 0. The van der Waals surface area contributed by atoms with Gasteiger partial charge in [0.25, 0.3) is 0 Å². The number of unbranched alkanes of at least 4 members (excludes halogenated alkanes) is 9. The third-order valence-electron chi connectivity index (χ3n) is 4.43. The standard InChI is InChI=1S/C18H35/c1-3-5-7-9-11-13-15-18-16-17(18)14-12-10-8-6-4-2/h14,17-18H,3-13,15-16H2,1-2H3. The van der Waals surface area contributed by atoms with Crippen molar-refractivity contribution >= 4 is 0 Å². The molecule has 2 unspecified atom stereocenters. The van der Waals surface area contributed by atoms with Crippen molar-refractivity contribution in [1.82, 2.24) is 0 Å². The van der Waals surface area contributed by atoms with Gasteiger partial charge in [0, 0.05) is 0 Å². The van der Waals surface area contributed by atoms with Crippen LogP contribution in [0.25, 0.3) is 0 Å². The summed E-state index contributed by atoms with van der Waals surface area (Å²) in [6.45, 7) is 4.59. The van der Waals surface area contributed by atoms with Crippen LogP contribution < -0.4 is 0 Å². The van der Waals surface area contributed by atoms with Crippen molar-refractivity contribution < 1.29 is 0 Å². The number of hydrogen-bond donors (Lipinski definition) is 0. The lowest BCUT2D eigenvalue weighted by Crippen LogP contribution is -1.87. The summed E-state index contributed by atoms with van der Waals surface area (Å²) in [7, 11) is 0. The van der Waals surface area contributed by atoms with E-state index in [0.29, 0.717) is 0 Å². The fourth-order valence-corrected chi connectivity index (χ4v) is 2.98. The molecule has 2 atom stereocenters. The summed E-state index contributed by atoms with van der Waals surface area (Å²) < 4.78 is 0. The third kappa shape index (κ3) is 8.16. The van der Waals surface area contributed by atoms with Gasteiger partial charge in [-0.1, -0.05) is 84.5 Å². The predicted octanol–water partition coefficient (Wildman–Crippen LogP) is 6.55. The molecule has 1 aliphatic rings. The van der Waals surface area contributed by atoms with Crippen LogP contribution in [0.15, 0.2) is 0 Å². The van der Waals surface area contributed by atoms with Crippen molar-refractivity contribution in [3.63, 3.8) is 0 Å². The smallest absolute Gasteiger partial charge is 0.0352 e. The van der Waals surface area contributed by atoms with Crippen LogP contribution in [0.4, 0.5) is 0 Å². The van der Waals surface area contributed by atoms with Gasteiger partial charge >= 0.3 is 0 Å². The lowest BCUT2D eigenvalue weighted by Gasteiger charge is -2.02. The normalized spacial score (nSPS) is 22.3. The molecule has 0 saturated heterocycles. The van der Waals surface area contributed by atoms with Crippen molar-refractivity contribution in [3.8, 4) is 0 Å². The molecule has 0 heterocycles. The van der Waals surface area contributed by atoms with Crippen molar-refractivity contribution in [2.45, 2.75) is 97.3 Å². The van der Waals surface area contributed by atoms with E-state index in [1.165, 1.54) is 83.5 Å². The number of rotatable bonds is 13. The minimum absolute atomic E-state index is 1.02. The largest absolute Gasteiger partial charge is 0.0654 e. The van der Waals surface area contributed by atoms with Crippen molar-refractivity contribution in [2.24, 2.45) is 11.8 Å². The summed E-state index contributed by atoms with van der Waals surface area (Å²) in [5.74, 6) is 2.10. The van der Waals surface area contributed by atoms with Gasteiger partial charge in [0.05, 0.1) is 0 Å². The Morgan fingerprint density at radius 1 is 0.778 bits per heavy atom. The molecular formula is C18H35. The van der Waals surface area contributed by atoms with Crippen LogP contribution in [-0.2, 0) is 0 Å². The van der Waals surface area contributed by atoms with Gasteiger partial charge < -0.3 is 0 Å². The fourth-order valence-electron chi connectivity index (χ4n) is 2.98. The molecule has 1 rings (SSSR count). The Labute approximate surface area is 116 Å². The minimum Gasteiger partial charge on any atom is -0.0654 e. The van der Waals surface area contributed by atoms with E-state index in [0.717, 1.165) is 11.8 Å². The molecule has 0 spiro atoms. The summed E-state index contributed by atoms with van der Waals surface area (Å²) in [6.07, 6.45) is 21.5. The van der Waals surface area contributed by atoms with E-state index in [2.05, 4.69) is 20.3 Å². The average molecular weight is 251 g/mol. The molecule has 0 N–H and O–H groups in total. The van der Waals surface area contributed by atoms with E-state index in [1.807, 2.05) is 0 Å². The molecule has 0 heteroatoms. The topological polar surface area (TPSA) is 0 Å². The van der Waals surface area contributed by atoms with Crippen LogP contribution in [0.1, 0.15) is 97.3 Å². The van der Waals surface area contributed by atoms with Gasteiger partial charge in [0.15, 0.2) is 0 Å². The van der Waals surface area contributed by atoms with Gasteiger partial charge in [-0.2, -0.15) is 0 Å². The van der Waals surface area contributed by atoms with Gasteiger partial charge in [-0.3, -0.25) is 0 Å². The molecule has 1 saturated carbocycles. The molecule has 0 amide bonds. The summed E-state index contributed by atoms with van der Waals surface area (Å²) in [5.41, 5.74) is 0. The molecule has 1 radical (unpaired) electrons. The highest BCUT2D eigenvalue weighted by Crippen LogP contribution is 2.45. The van der Waals surface area contributed by atoms with Crippen LogP contribution in [0, 0.1) is 18.3 Å². The molecule has 0 aromatic heterocycles. The zero-order chi connectivity index (χ0) is 13.1. The molecule has 1 aliphatic carbocycles. The first-order chi connectivity index (χ1) is 8.88. The molecule has 1 fully saturated rings. The molecule has 18 heavy (non-hydrogen) atoms. The van der Waals surface area contributed by atoms with Crippen molar-refractivity contribution in [3.05, 3.63) is 6.42 Å². The maximum Gasteiger partial charge on any atom is -0.0352 e. The van der Waals surface area contributed by atoms with Gasteiger partial charge in [-0.15, -0.1) is 0 Å². The third-order valence-corrected chi connectivity index (χ3v) is 4.43. The Kier molecular flexibility index (Phi) is 9.70. The second kappa shape index (κ2) is 10.9. The van der Waals surface area contributed by atoms with E-state index < -0.39 is 0 Å². The Morgan fingerprint density at radius 2 is 1.39 bits per heavy atom. The quantitative estimate of drug-likeness (QED) is 0.326. The highest BCUT2D eigenvalue weighted by Gasteiger charge is 2.35. The lowest BCUT2D eigenvalue weighted by atomic mass is 10.0. The minimum atomic E-state index is 1.02. The molecule has 0 aromatic carbocycles. The van der Waals surface area contributed by atoms with E-state index in [-0.39, 0.29) is 0 Å². The van der Waals surface area contributed by atoms with Gasteiger partial charge in [0.2, 0.25) is 0 Å². The highest BCUT2D eigenvalue weighted by molar-refractivity contribution is 4.95. The molecule has 0 nitrogen and oxygen atoms in total. The maximum absolute atomic E-state index is 2.64. The maximum atomic E-state index is 2.64. The van der Waals surface area contributed by atoms with E-state index in [9.17, 15) is 0 Å². The SMILES string of the molecule is CCCCCC[CH]C1CC1CCCCCCCC. The van der Waals surface area contributed by atoms with Gasteiger partial charge in [-0.05, 0) is 31.1 Å².